The van der Waals surface area contributed by atoms with Crippen LogP contribution in [0.25, 0.3) is 0 Å². The molecule has 0 amide bonds. The molecule has 0 radical (unpaired) electrons. The molecule has 1 heterocycles. The molecule has 0 unspecified atom stereocenters. The fourth-order valence-corrected chi connectivity index (χ4v) is 1.98. The van der Waals surface area contributed by atoms with E-state index in [9.17, 15) is 22.7 Å². The van der Waals surface area contributed by atoms with Gasteiger partial charge in [-0.25, -0.2) is 9.07 Å². The number of hydrogen-bond donors (Lipinski definition) is 1. The summed E-state index contributed by atoms with van der Waals surface area (Å²) in [5.74, 6) is -1.67. The molecule has 0 atom stereocenters. The zero-order chi connectivity index (χ0) is 15.1. The van der Waals surface area contributed by atoms with Crippen molar-refractivity contribution in [3.63, 3.8) is 0 Å². The van der Waals surface area contributed by atoms with Gasteiger partial charge in [0.25, 0.3) is 0 Å². The number of benzene rings is 1. The molecule has 0 aliphatic heterocycles. The van der Waals surface area contributed by atoms with Crippen LogP contribution in [0.3, 0.4) is 0 Å². The number of nitrogens with zero attached hydrogens (tertiary/aromatic N) is 2. The molecule has 1 N–H and O–H groups in total. The summed E-state index contributed by atoms with van der Waals surface area (Å²) in [7, 11) is 1.49. The first-order valence-electron chi connectivity index (χ1n) is 5.45. The Morgan fingerprint density at radius 3 is 2.45 bits per heavy atom. The van der Waals surface area contributed by atoms with Crippen molar-refractivity contribution in [1.29, 1.82) is 0 Å². The largest absolute Gasteiger partial charge is 0.493 e. The fraction of sp³-hybridized carbons (Fsp3) is 0.250. The molecule has 0 bridgehead atoms. The van der Waals surface area contributed by atoms with Gasteiger partial charge in [-0.15, -0.1) is 0 Å². The van der Waals surface area contributed by atoms with Crippen LogP contribution in [0.4, 0.5) is 17.6 Å². The summed E-state index contributed by atoms with van der Waals surface area (Å²) >= 11 is 5.63. The predicted molar refractivity (Wildman–Crippen MR) is 64.1 cm³/mol. The summed E-state index contributed by atoms with van der Waals surface area (Å²) < 4.78 is 52.3. The smallest absolute Gasteiger partial charge is 0.419 e. The van der Waals surface area contributed by atoms with Crippen LogP contribution in [-0.4, -0.2) is 14.9 Å². The summed E-state index contributed by atoms with van der Waals surface area (Å²) in [6, 6.07) is 1.71. The molecular weight excluding hydrogens is 300 g/mol. The lowest BCUT2D eigenvalue weighted by molar-refractivity contribution is -0.140. The molecule has 108 valence electrons. The molecule has 0 spiro atoms. The van der Waals surface area contributed by atoms with Gasteiger partial charge in [0.05, 0.1) is 16.8 Å². The van der Waals surface area contributed by atoms with E-state index in [-0.39, 0.29) is 17.9 Å². The molecule has 1 aromatic carbocycles. The van der Waals surface area contributed by atoms with Crippen molar-refractivity contribution in [2.75, 3.05) is 0 Å². The summed E-state index contributed by atoms with van der Waals surface area (Å²) in [6.07, 6.45) is -3.49. The number of hydrogen-bond acceptors (Lipinski definition) is 2. The highest BCUT2D eigenvalue weighted by Gasteiger charge is 2.35. The van der Waals surface area contributed by atoms with Crippen molar-refractivity contribution in [2.45, 2.75) is 12.6 Å². The minimum absolute atomic E-state index is 0.0203. The quantitative estimate of drug-likeness (QED) is 0.862. The highest BCUT2D eigenvalue weighted by atomic mass is 35.5. The van der Waals surface area contributed by atoms with Gasteiger partial charge in [0.1, 0.15) is 0 Å². The first-order valence-corrected chi connectivity index (χ1v) is 5.83. The molecule has 2 aromatic rings. The molecule has 0 saturated heterocycles. The summed E-state index contributed by atoms with van der Waals surface area (Å²) in [5.41, 5.74) is -0.935. The number of halogens is 5. The average molecular weight is 309 g/mol. The van der Waals surface area contributed by atoms with Gasteiger partial charge >= 0.3 is 6.18 Å². The molecule has 2 rings (SSSR count). The molecule has 20 heavy (non-hydrogen) atoms. The van der Waals surface area contributed by atoms with Gasteiger partial charge in [0, 0.05) is 19.0 Å². The second-order valence-electron chi connectivity index (χ2n) is 4.19. The maximum Gasteiger partial charge on any atom is 0.419 e. The van der Waals surface area contributed by atoms with Gasteiger partial charge in [-0.1, -0.05) is 17.7 Å². The molecule has 1 aromatic heterocycles. The second kappa shape index (κ2) is 4.97. The number of rotatable bonds is 2. The number of aromatic nitrogens is 2. The molecule has 0 aliphatic carbocycles. The Kier molecular flexibility index (Phi) is 3.64. The van der Waals surface area contributed by atoms with Gasteiger partial charge in [-0.05, 0) is 11.6 Å². The number of alkyl halides is 3. The van der Waals surface area contributed by atoms with E-state index in [0.717, 1.165) is 6.07 Å². The van der Waals surface area contributed by atoms with Crippen LogP contribution in [0, 0.1) is 5.82 Å². The summed E-state index contributed by atoms with van der Waals surface area (Å²) in [5, 5.41) is 12.8. The van der Waals surface area contributed by atoms with E-state index in [1.54, 1.807) is 0 Å². The SMILES string of the molecule is Cn1ncc(Cc2ccc(C(F)(F)F)c(F)c2Cl)c1O. The van der Waals surface area contributed by atoms with Gasteiger partial charge in [0.2, 0.25) is 5.88 Å². The predicted octanol–water partition coefficient (Wildman–Crippen LogP) is 3.53. The molecule has 8 heteroatoms. The Morgan fingerprint density at radius 1 is 1.30 bits per heavy atom. The Bertz CT molecular complexity index is 652. The van der Waals surface area contributed by atoms with Crippen LogP contribution < -0.4 is 0 Å². The topological polar surface area (TPSA) is 38.0 Å². The van der Waals surface area contributed by atoms with Crippen molar-refractivity contribution in [3.05, 3.63) is 45.9 Å². The van der Waals surface area contributed by atoms with E-state index >= 15 is 0 Å². The van der Waals surface area contributed by atoms with Crippen LogP contribution in [0.2, 0.25) is 5.02 Å². The highest BCUT2D eigenvalue weighted by molar-refractivity contribution is 6.31. The monoisotopic (exact) mass is 308 g/mol. The first kappa shape index (κ1) is 14.6. The van der Waals surface area contributed by atoms with E-state index < -0.39 is 22.6 Å². The minimum atomic E-state index is -4.80. The second-order valence-corrected chi connectivity index (χ2v) is 4.57. The Balaban J connectivity index is 2.40. The van der Waals surface area contributed by atoms with Crippen LogP contribution in [0.5, 0.6) is 5.88 Å². The van der Waals surface area contributed by atoms with E-state index in [1.165, 1.54) is 17.9 Å². The van der Waals surface area contributed by atoms with Crippen LogP contribution in [-0.2, 0) is 19.6 Å². The number of aromatic hydroxyl groups is 1. The first-order chi connectivity index (χ1) is 9.21. The summed E-state index contributed by atoms with van der Waals surface area (Å²) in [4.78, 5) is 0. The van der Waals surface area contributed by atoms with Crippen molar-refractivity contribution in [1.82, 2.24) is 9.78 Å². The van der Waals surface area contributed by atoms with Gasteiger partial charge in [-0.3, -0.25) is 0 Å². The maximum absolute atomic E-state index is 13.6. The van der Waals surface area contributed by atoms with Crippen molar-refractivity contribution in [2.24, 2.45) is 7.05 Å². The van der Waals surface area contributed by atoms with E-state index in [0.29, 0.717) is 11.6 Å². The molecule has 0 aliphatic rings. The zero-order valence-corrected chi connectivity index (χ0v) is 10.9. The molecule has 3 nitrogen and oxygen atoms in total. The molecule has 0 fully saturated rings. The van der Waals surface area contributed by atoms with E-state index in [4.69, 9.17) is 11.6 Å². The zero-order valence-electron chi connectivity index (χ0n) is 10.2. The lowest BCUT2D eigenvalue weighted by Crippen LogP contribution is -2.09. The van der Waals surface area contributed by atoms with Gasteiger partial charge in [0.15, 0.2) is 5.82 Å². The third-order valence-corrected chi connectivity index (χ3v) is 3.24. The standard InChI is InChI=1S/C12H9ClF4N2O/c1-19-11(20)7(5-18-19)4-6-2-3-8(12(15,16)17)10(14)9(6)13/h2-3,5,20H,4H2,1H3. The third-order valence-electron chi connectivity index (χ3n) is 2.83. The lowest BCUT2D eigenvalue weighted by atomic mass is 10.0. The Labute approximate surface area is 116 Å². The lowest BCUT2D eigenvalue weighted by Gasteiger charge is -2.11. The van der Waals surface area contributed by atoms with Gasteiger partial charge in [-0.2, -0.15) is 18.3 Å². The minimum Gasteiger partial charge on any atom is -0.493 e. The van der Waals surface area contributed by atoms with Crippen LogP contribution in [0.15, 0.2) is 18.3 Å². The maximum atomic E-state index is 13.6. The van der Waals surface area contributed by atoms with Crippen LogP contribution >= 0.6 is 11.6 Å². The van der Waals surface area contributed by atoms with Crippen molar-refractivity contribution < 1.29 is 22.7 Å². The molecular formula is C12H9ClF4N2O. The van der Waals surface area contributed by atoms with Gasteiger partial charge < -0.3 is 5.11 Å². The van der Waals surface area contributed by atoms with Crippen LogP contribution in [0.1, 0.15) is 16.7 Å². The third kappa shape index (κ3) is 2.58. The normalized spacial score (nSPS) is 11.9. The highest BCUT2D eigenvalue weighted by Crippen LogP contribution is 2.36. The van der Waals surface area contributed by atoms with E-state index in [2.05, 4.69) is 5.10 Å². The number of aryl methyl sites for hydroxylation is 1. The Morgan fingerprint density at radius 2 is 1.95 bits per heavy atom. The van der Waals surface area contributed by atoms with Crippen molar-refractivity contribution >= 4 is 11.6 Å². The average Bonchev–Trinajstić information content (AvgIpc) is 2.65. The fourth-order valence-electron chi connectivity index (χ4n) is 1.75. The van der Waals surface area contributed by atoms with Crippen molar-refractivity contribution in [3.8, 4) is 5.88 Å². The van der Waals surface area contributed by atoms with E-state index in [1.807, 2.05) is 0 Å². The Hall–Kier alpha value is -1.76. The molecule has 0 saturated carbocycles. The summed E-state index contributed by atoms with van der Waals surface area (Å²) in [6.45, 7) is 0.